The Bertz CT molecular complexity index is 814. The second kappa shape index (κ2) is 7.86. The van der Waals surface area contributed by atoms with E-state index < -0.39 is 17.5 Å². The van der Waals surface area contributed by atoms with Gasteiger partial charge < -0.3 is 9.47 Å². The maximum absolute atomic E-state index is 14.2. The number of aromatic nitrogens is 1. The molecule has 0 spiro atoms. The van der Waals surface area contributed by atoms with E-state index in [-0.39, 0.29) is 25.6 Å². The number of likely N-dealkylation sites (tertiary alicyclic amines) is 2. The van der Waals surface area contributed by atoms with E-state index >= 15 is 0 Å². The van der Waals surface area contributed by atoms with Crippen LogP contribution in [-0.4, -0.2) is 52.6 Å². The maximum Gasteiger partial charge on any atom is 0.404 e. The molecule has 29 heavy (non-hydrogen) atoms. The van der Waals surface area contributed by atoms with E-state index in [0.717, 1.165) is 5.56 Å². The summed E-state index contributed by atoms with van der Waals surface area (Å²) in [4.78, 5) is 16.3. The number of alkyl halides is 3. The minimum absolute atomic E-state index is 0.167. The van der Waals surface area contributed by atoms with E-state index in [9.17, 15) is 18.0 Å². The van der Waals surface area contributed by atoms with Crippen LogP contribution in [0, 0.1) is 5.41 Å². The summed E-state index contributed by atoms with van der Waals surface area (Å²) in [6.07, 6.45) is 0.590. The number of nitrogens with zero attached hydrogens (tertiary/aromatic N) is 3. The van der Waals surface area contributed by atoms with Crippen molar-refractivity contribution in [3.63, 3.8) is 0 Å². The van der Waals surface area contributed by atoms with Crippen molar-refractivity contribution in [1.29, 1.82) is 0 Å². The smallest absolute Gasteiger partial charge is 0.351 e. The maximum atomic E-state index is 14.2. The van der Waals surface area contributed by atoms with Gasteiger partial charge in [-0.3, -0.25) is 9.69 Å². The number of piperidine rings is 1. The van der Waals surface area contributed by atoms with Gasteiger partial charge in [-0.15, -0.1) is 0 Å². The Morgan fingerprint density at radius 2 is 1.66 bits per heavy atom. The fourth-order valence-electron chi connectivity index (χ4n) is 4.65. The molecule has 0 N–H and O–H groups in total. The summed E-state index contributed by atoms with van der Waals surface area (Å²) >= 11 is 0. The van der Waals surface area contributed by atoms with Crippen molar-refractivity contribution in [2.45, 2.75) is 38.0 Å². The molecule has 1 aromatic heterocycles. The standard InChI is InChI=1S/C22H26F3N3O/c23-22(24,25)21(10-15-26(17-21)16-18-6-2-1-3-7-18)20(29)28-13-8-19(9-14-28)27-11-4-5-12-27/h1-7,11-12,19H,8-10,13-17H2. The Morgan fingerprint density at radius 3 is 2.28 bits per heavy atom. The third-order valence-electron chi connectivity index (χ3n) is 6.35. The number of amides is 1. The Hall–Kier alpha value is -2.28. The fourth-order valence-corrected chi connectivity index (χ4v) is 4.65. The lowest BCUT2D eigenvalue weighted by molar-refractivity contribution is -0.224. The third-order valence-corrected chi connectivity index (χ3v) is 6.35. The van der Waals surface area contributed by atoms with Crippen molar-refractivity contribution in [1.82, 2.24) is 14.4 Å². The highest BCUT2D eigenvalue weighted by Gasteiger charge is 2.64. The molecule has 2 fully saturated rings. The number of benzene rings is 1. The molecule has 0 aliphatic carbocycles. The first-order valence-electron chi connectivity index (χ1n) is 10.1. The number of rotatable bonds is 4. The van der Waals surface area contributed by atoms with Crippen LogP contribution in [0.25, 0.3) is 0 Å². The second-order valence-corrected chi connectivity index (χ2v) is 8.18. The van der Waals surface area contributed by atoms with Crippen molar-refractivity contribution in [3.8, 4) is 0 Å². The Morgan fingerprint density at radius 1 is 1.00 bits per heavy atom. The van der Waals surface area contributed by atoms with Gasteiger partial charge in [0.2, 0.25) is 5.91 Å². The van der Waals surface area contributed by atoms with Crippen molar-refractivity contribution in [2.24, 2.45) is 5.41 Å². The zero-order valence-electron chi connectivity index (χ0n) is 16.3. The highest BCUT2D eigenvalue weighted by Crippen LogP contribution is 2.47. The molecule has 4 nitrogen and oxygen atoms in total. The second-order valence-electron chi connectivity index (χ2n) is 8.18. The Kier molecular flexibility index (Phi) is 5.42. The van der Waals surface area contributed by atoms with Gasteiger partial charge in [-0.1, -0.05) is 30.3 Å². The van der Waals surface area contributed by atoms with Gasteiger partial charge in [0, 0.05) is 44.6 Å². The third kappa shape index (κ3) is 3.92. The minimum Gasteiger partial charge on any atom is -0.351 e. The molecule has 1 unspecified atom stereocenters. The average molecular weight is 405 g/mol. The predicted octanol–water partition coefficient (Wildman–Crippen LogP) is 4.11. The fraction of sp³-hybridized carbons (Fsp3) is 0.500. The van der Waals surface area contributed by atoms with Crippen LogP contribution in [0.1, 0.15) is 30.9 Å². The van der Waals surface area contributed by atoms with E-state index in [1.165, 1.54) is 4.90 Å². The molecule has 3 heterocycles. The van der Waals surface area contributed by atoms with E-state index in [4.69, 9.17) is 0 Å². The van der Waals surface area contributed by atoms with Crippen molar-refractivity contribution in [2.75, 3.05) is 26.2 Å². The van der Waals surface area contributed by atoms with Gasteiger partial charge in [0.15, 0.2) is 5.41 Å². The quantitative estimate of drug-likeness (QED) is 0.766. The summed E-state index contributed by atoms with van der Waals surface area (Å²) in [5.74, 6) is -0.744. The molecule has 2 aliphatic heterocycles. The van der Waals surface area contributed by atoms with Crippen LogP contribution in [0.4, 0.5) is 13.2 Å². The molecular formula is C22H26F3N3O. The van der Waals surface area contributed by atoms with Crippen molar-refractivity contribution >= 4 is 5.91 Å². The van der Waals surface area contributed by atoms with Gasteiger partial charge in [0.25, 0.3) is 0 Å². The SMILES string of the molecule is O=C(N1CCC(n2cccc2)CC1)C1(C(F)(F)F)CCN(Cc2ccccc2)C1. The number of hydrogen-bond donors (Lipinski definition) is 0. The van der Waals surface area contributed by atoms with Gasteiger partial charge in [-0.05, 0) is 43.5 Å². The molecule has 1 atom stereocenters. The topological polar surface area (TPSA) is 28.5 Å². The van der Waals surface area contributed by atoms with E-state index in [2.05, 4.69) is 4.57 Å². The highest BCUT2D eigenvalue weighted by atomic mass is 19.4. The highest BCUT2D eigenvalue weighted by molar-refractivity contribution is 5.84. The first kappa shape index (κ1) is 20.0. The lowest BCUT2D eigenvalue weighted by Gasteiger charge is -2.39. The molecule has 156 valence electrons. The molecule has 2 aromatic rings. The number of carbonyl (C=O) groups excluding carboxylic acids is 1. The van der Waals surface area contributed by atoms with E-state index in [1.807, 2.05) is 54.9 Å². The molecule has 2 saturated heterocycles. The van der Waals surface area contributed by atoms with Gasteiger partial charge in [0.1, 0.15) is 0 Å². The lowest BCUT2D eigenvalue weighted by atomic mass is 9.83. The zero-order valence-corrected chi connectivity index (χ0v) is 16.3. The van der Waals surface area contributed by atoms with Crippen LogP contribution in [0.5, 0.6) is 0 Å². The average Bonchev–Trinajstić information content (AvgIpc) is 3.39. The largest absolute Gasteiger partial charge is 0.404 e. The lowest BCUT2D eigenvalue weighted by Crippen LogP contribution is -2.55. The van der Waals surface area contributed by atoms with Crippen molar-refractivity contribution < 1.29 is 18.0 Å². The first-order valence-corrected chi connectivity index (χ1v) is 10.1. The molecule has 0 bridgehead atoms. The molecule has 0 saturated carbocycles. The monoisotopic (exact) mass is 405 g/mol. The molecule has 0 radical (unpaired) electrons. The number of halogens is 3. The number of carbonyl (C=O) groups is 1. The van der Waals surface area contributed by atoms with Crippen LogP contribution in [0.15, 0.2) is 54.9 Å². The van der Waals surface area contributed by atoms with Gasteiger partial charge >= 0.3 is 6.18 Å². The molecule has 7 heteroatoms. The summed E-state index contributed by atoms with van der Waals surface area (Å²) in [7, 11) is 0. The summed E-state index contributed by atoms with van der Waals surface area (Å²) in [6, 6.07) is 13.6. The van der Waals surface area contributed by atoms with Crippen LogP contribution >= 0.6 is 0 Å². The summed E-state index contributed by atoms with van der Waals surface area (Å²) in [5, 5.41) is 0. The Balaban J connectivity index is 1.45. The number of hydrogen-bond acceptors (Lipinski definition) is 2. The van der Waals surface area contributed by atoms with Crippen LogP contribution < -0.4 is 0 Å². The van der Waals surface area contributed by atoms with E-state index in [1.54, 1.807) is 4.90 Å². The summed E-state index contributed by atoms with van der Waals surface area (Å²) in [5.41, 5.74) is -1.33. The molecule has 4 rings (SSSR count). The van der Waals surface area contributed by atoms with Crippen molar-refractivity contribution in [3.05, 3.63) is 60.4 Å². The minimum atomic E-state index is -4.55. The van der Waals surface area contributed by atoms with Crippen LogP contribution in [-0.2, 0) is 11.3 Å². The first-order chi connectivity index (χ1) is 13.9. The normalized spacial score (nSPS) is 24.2. The van der Waals surface area contributed by atoms with Crippen LogP contribution in [0.3, 0.4) is 0 Å². The molecular weight excluding hydrogens is 379 g/mol. The molecule has 1 aromatic carbocycles. The van der Waals surface area contributed by atoms with E-state index in [0.29, 0.717) is 32.5 Å². The van der Waals surface area contributed by atoms with Gasteiger partial charge in [-0.2, -0.15) is 13.2 Å². The summed E-state index contributed by atoms with van der Waals surface area (Å²) < 4.78 is 44.5. The van der Waals surface area contributed by atoms with Crippen LogP contribution in [0.2, 0.25) is 0 Å². The zero-order chi connectivity index (χ0) is 20.5. The Labute approximate surface area is 168 Å². The molecule has 2 aliphatic rings. The predicted molar refractivity (Wildman–Crippen MR) is 104 cm³/mol. The summed E-state index contributed by atoms with van der Waals surface area (Å²) in [6.45, 7) is 1.19. The van der Waals surface area contributed by atoms with Gasteiger partial charge in [0.05, 0.1) is 0 Å². The molecule has 1 amide bonds. The van der Waals surface area contributed by atoms with Gasteiger partial charge in [-0.25, -0.2) is 0 Å².